The summed E-state index contributed by atoms with van der Waals surface area (Å²) < 4.78 is 2.06. The van der Waals surface area contributed by atoms with Crippen LogP contribution in [-0.4, -0.2) is 36.5 Å². The first-order valence-electron chi connectivity index (χ1n) is 5.57. The van der Waals surface area contributed by atoms with E-state index in [4.69, 9.17) is 0 Å². The van der Waals surface area contributed by atoms with E-state index in [9.17, 15) is 4.79 Å². The molecule has 0 aliphatic carbocycles. The van der Waals surface area contributed by atoms with E-state index in [1.54, 1.807) is 19.0 Å². The maximum atomic E-state index is 11.4. The predicted octanol–water partition coefficient (Wildman–Crippen LogP) is 1.25. The van der Waals surface area contributed by atoms with Gasteiger partial charge in [0, 0.05) is 45.5 Å². The summed E-state index contributed by atoms with van der Waals surface area (Å²) in [5, 5.41) is 3.19. The lowest BCUT2D eigenvalue weighted by Gasteiger charge is -2.10. The number of carbonyl (C=O) groups is 1. The van der Waals surface area contributed by atoms with Crippen LogP contribution in [0.25, 0.3) is 0 Å². The summed E-state index contributed by atoms with van der Waals surface area (Å²) in [7, 11) is 5.51. The van der Waals surface area contributed by atoms with Crippen molar-refractivity contribution < 1.29 is 4.79 Å². The number of hydrogen-bond donors (Lipinski definition) is 1. The minimum Gasteiger partial charge on any atom is -0.353 e. The number of nitrogens with zero attached hydrogens (tertiary/aromatic N) is 2. The smallest absolute Gasteiger partial charge is 0.223 e. The summed E-state index contributed by atoms with van der Waals surface area (Å²) in [6.45, 7) is 2.86. The van der Waals surface area contributed by atoms with E-state index in [0.29, 0.717) is 12.5 Å². The summed E-state index contributed by atoms with van der Waals surface area (Å²) in [6, 6.07) is 2.44. The molecule has 4 heteroatoms. The number of amides is 1. The van der Waals surface area contributed by atoms with E-state index in [2.05, 4.69) is 29.1 Å². The molecule has 0 radical (unpaired) electrons. The van der Waals surface area contributed by atoms with Crippen molar-refractivity contribution in [1.29, 1.82) is 0 Å². The SMILES string of the molecule is CNC(C)c1ccn(CCC(=O)N(C)C)c1. The zero-order valence-corrected chi connectivity index (χ0v) is 10.5. The molecule has 1 aromatic rings. The molecule has 0 saturated heterocycles. The summed E-state index contributed by atoms with van der Waals surface area (Å²) >= 11 is 0. The maximum absolute atomic E-state index is 11.4. The Bertz CT molecular complexity index is 344. The van der Waals surface area contributed by atoms with Crippen molar-refractivity contribution in [3.05, 3.63) is 24.0 Å². The number of carbonyl (C=O) groups excluding carboxylic acids is 1. The lowest BCUT2D eigenvalue weighted by molar-refractivity contribution is -0.128. The van der Waals surface area contributed by atoms with Gasteiger partial charge in [-0.05, 0) is 25.6 Å². The third-order valence-electron chi connectivity index (χ3n) is 2.79. The van der Waals surface area contributed by atoms with E-state index in [-0.39, 0.29) is 5.91 Å². The first-order valence-corrected chi connectivity index (χ1v) is 5.57. The van der Waals surface area contributed by atoms with E-state index >= 15 is 0 Å². The Hall–Kier alpha value is -1.29. The average Bonchev–Trinajstić information content (AvgIpc) is 2.73. The van der Waals surface area contributed by atoms with Crippen molar-refractivity contribution in [2.75, 3.05) is 21.1 Å². The quantitative estimate of drug-likeness (QED) is 0.815. The summed E-state index contributed by atoms with van der Waals surface area (Å²) in [5.74, 6) is 0.164. The molecule has 1 rings (SSSR count). The lowest BCUT2D eigenvalue weighted by atomic mass is 10.2. The van der Waals surface area contributed by atoms with Crippen LogP contribution >= 0.6 is 0 Å². The van der Waals surface area contributed by atoms with Crippen LogP contribution in [0, 0.1) is 0 Å². The average molecular weight is 223 g/mol. The standard InChI is InChI=1S/C12H21N3O/c1-10(13-2)11-5-7-15(9-11)8-6-12(16)14(3)4/h5,7,9-10,13H,6,8H2,1-4H3. The van der Waals surface area contributed by atoms with Gasteiger partial charge in [0.05, 0.1) is 0 Å². The van der Waals surface area contributed by atoms with E-state index in [0.717, 1.165) is 6.54 Å². The fourth-order valence-corrected chi connectivity index (χ4v) is 1.47. The molecular weight excluding hydrogens is 202 g/mol. The molecular formula is C12H21N3O. The summed E-state index contributed by atoms with van der Waals surface area (Å²) in [6.07, 6.45) is 4.66. The molecule has 90 valence electrons. The van der Waals surface area contributed by atoms with Crippen LogP contribution < -0.4 is 5.32 Å². The maximum Gasteiger partial charge on any atom is 0.223 e. The van der Waals surface area contributed by atoms with Crippen molar-refractivity contribution in [2.24, 2.45) is 0 Å². The van der Waals surface area contributed by atoms with Gasteiger partial charge in [-0.25, -0.2) is 0 Å². The zero-order chi connectivity index (χ0) is 12.1. The molecule has 16 heavy (non-hydrogen) atoms. The van der Waals surface area contributed by atoms with Gasteiger partial charge >= 0.3 is 0 Å². The Morgan fingerprint density at radius 2 is 2.25 bits per heavy atom. The van der Waals surface area contributed by atoms with E-state index in [1.165, 1.54) is 5.56 Å². The number of hydrogen-bond acceptors (Lipinski definition) is 2. The van der Waals surface area contributed by atoms with Gasteiger partial charge in [0.1, 0.15) is 0 Å². The van der Waals surface area contributed by atoms with Crippen LogP contribution in [0.15, 0.2) is 18.5 Å². The highest BCUT2D eigenvalue weighted by molar-refractivity contribution is 5.75. The molecule has 1 heterocycles. The monoisotopic (exact) mass is 223 g/mol. The van der Waals surface area contributed by atoms with Gasteiger partial charge in [0.2, 0.25) is 5.91 Å². The molecule has 1 N–H and O–H groups in total. The normalized spacial score (nSPS) is 12.5. The number of rotatable bonds is 5. The largest absolute Gasteiger partial charge is 0.353 e. The van der Waals surface area contributed by atoms with Gasteiger partial charge in [-0.3, -0.25) is 4.79 Å². The lowest BCUT2D eigenvalue weighted by Crippen LogP contribution is -2.22. The Morgan fingerprint density at radius 3 is 2.81 bits per heavy atom. The minimum atomic E-state index is 0.164. The first kappa shape index (κ1) is 12.8. The second-order valence-electron chi connectivity index (χ2n) is 4.23. The van der Waals surface area contributed by atoms with Gasteiger partial charge < -0.3 is 14.8 Å². The third-order valence-corrected chi connectivity index (χ3v) is 2.79. The van der Waals surface area contributed by atoms with E-state index in [1.807, 2.05) is 13.2 Å². The van der Waals surface area contributed by atoms with Crippen LogP contribution in [0.1, 0.15) is 24.9 Å². The van der Waals surface area contributed by atoms with Crippen LogP contribution in [0.2, 0.25) is 0 Å². The first-order chi connectivity index (χ1) is 7.54. The number of aryl methyl sites for hydroxylation is 1. The second-order valence-corrected chi connectivity index (χ2v) is 4.23. The topological polar surface area (TPSA) is 37.3 Å². The fourth-order valence-electron chi connectivity index (χ4n) is 1.47. The van der Waals surface area contributed by atoms with Gasteiger partial charge in [0.25, 0.3) is 0 Å². The van der Waals surface area contributed by atoms with Crippen LogP contribution in [-0.2, 0) is 11.3 Å². The molecule has 0 aliphatic heterocycles. The molecule has 0 aliphatic rings. The Labute approximate surface area is 97.2 Å². The van der Waals surface area contributed by atoms with Crippen LogP contribution in [0.5, 0.6) is 0 Å². The van der Waals surface area contributed by atoms with Crippen molar-refractivity contribution in [3.8, 4) is 0 Å². The fraction of sp³-hybridized carbons (Fsp3) is 0.583. The van der Waals surface area contributed by atoms with Crippen molar-refractivity contribution >= 4 is 5.91 Å². The summed E-state index contributed by atoms with van der Waals surface area (Å²) in [5.41, 5.74) is 1.25. The van der Waals surface area contributed by atoms with E-state index < -0.39 is 0 Å². The Morgan fingerprint density at radius 1 is 1.56 bits per heavy atom. The molecule has 1 unspecified atom stereocenters. The molecule has 0 spiro atoms. The molecule has 1 aromatic heterocycles. The molecule has 0 bridgehead atoms. The Balaban J connectivity index is 2.49. The molecule has 1 amide bonds. The highest BCUT2D eigenvalue weighted by atomic mass is 16.2. The molecule has 0 saturated carbocycles. The number of aromatic nitrogens is 1. The third kappa shape index (κ3) is 3.38. The van der Waals surface area contributed by atoms with Gasteiger partial charge in [-0.1, -0.05) is 0 Å². The molecule has 4 nitrogen and oxygen atoms in total. The molecule has 0 aromatic carbocycles. The number of nitrogens with one attached hydrogen (secondary N) is 1. The van der Waals surface area contributed by atoms with Crippen LogP contribution in [0.3, 0.4) is 0 Å². The van der Waals surface area contributed by atoms with Gasteiger partial charge in [-0.2, -0.15) is 0 Å². The summed E-state index contributed by atoms with van der Waals surface area (Å²) in [4.78, 5) is 13.0. The molecule has 0 fully saturated rings. The van der Waals surface area contributed by atoms with Crippen molar-refractivity contribution in [3.63, 3.8) is 0 Å². The van der Waals surface area contributed by atoms with Gasteiger partial charge in [0.15, 0.2) is 0 Å². The van der Waals surface area contributed by atoms with Crippen molar-refractivity contribution in [2.45, 2.75) is 25.9 Å². The molecule has 1 atom stereocenters. The second kappa shape index (κ2) is 5.70. The van der Waals surface area contributed by atoms with Crippen LogP contribution in [0.4, 0.5) is 0 Å². The van der Waals surface area contributed by atoms with Crippen molar-refractivity contribution in [1.82, 2.24) is 14.8 Å². The highest BCUT2D eigenvalue weighted by Crippen LogP contribution is 2.12. The van der Waals surface area contributed by atoms with Gasteiger partial charge in [-0.15, -0.1) is 0 Å². The Kier molecular flexibility index (Phi) is 4.55. The highest BCUT2D eigenvalue weighted by Gasteiger charge is 2.06. The predicted molar refractivity (Wildman–Crippen MR) is 65.2 cm³/mol. The zero-order valence-electron chi connectivity index (χ0n) is 10.5. The minimum absolute atomic E-state index is 0.164.